The Morgan fingerprint density at radius 2 is 1.70 bits per heavy atom. The zero-order valence-electron chi connectivity index (χ0n) is 15.2. The highest BCUT2D eigenvalue weighted by molar-refractivity contribution is 7.92. The molecule has 1 amide bonds. The number of benzene rings is 2. The van der Waals surface area contributed by atoms with Gasteiger partial charge < -0.3 is 5.32 Å². The van der Waals surface area contributed by atoms with E-state index in [1.165, 1.54) is 56.7 Å². The summed E-state index contributed by atoms with van der Waals surface area (Å²) in [7, 11) is -3.72. The number of carbonyl (C=O) groups is 1. The van der Waals surface area contributed by atoms with Gasteiger partial charge in [0.05, 0.1) is 21.3 Å². The van der Waals surface area contributed by atoms with Crippen LogP contribution in [0.1, 0.15) is 50.5 Å². The van der Waals surface area contributed by atoms with Crippen LogP contribution in [0.5, 0.6) is 0 Å². The fraction of sp³-hybridized carbons (Fsp3) is 0.350. The first-order chi connectivity index (χ1) is 12.8. The summed E-state index contributed by atoms with van der Waals surface area (Å²) in [5, 5.41) is 2.92. The molecule has 1 fully saturated rings. The fourth-order valence-electron chi connectivity index (χ4n) is 3.44. The van der Waals surface area contributed by atoms with Crippen molar-refractivity contribution in [1.82, 2.24) is 0 Å². The molecule has 0 spiro atoms. The zero-order chi connectivity index (χ0) is 19.4. The van der Waals surface area contributed by atoms with Crippen molar-refractivity contribution in [2.24, 2.45) is 0 Å². The molecule has 0 atom stereocenters. The monoisotopic (exact) mass is 406 g/mol. The Morgan fingerprint density at radius 1 is 1.04 bits per heavy atom. The minimum absolute atomic E-state index is 0.207. The van der Waals surface area contributed by atoms with Crippen molar-refractivity contribution >= 4 is 38.9 Å². The van der Waals surface area contributed by atoms with E-state index in [9.17, 15) is 13.2 Å². The Hall–Kier alpha value is -2.05. The Balaban J connectivity index is 1.77. The minimum atomic E-state index is -3.72. The van der Waals surface area contributed by atoms with E-state index in [4.69, 9.17) is 11.6 Å². The van der Waals surface area contributed by atoms with Crippen LogP contribution in [0.2, 0.25) is 5.02 Å². The van der Waals surface area contributed by atoms with Gasteiger partial charge in [-0.1, -0.05) is 43.0 Å². The summed E-state index contributed by atoms with van der Waals surface area (Å²) >= 11 is 6.03. The van der Waals surface area contributed by atoms with Gasteiger partial charge in [0.1, 0.15) is 0 Å². The van der Waals surface area contributed by atoms with Crippen molar-refractivity contribution in [3.63, 3.8) is 0 Å². The lowest BCUT2D eigenvalue weighted by molar-refractivity contribution is -0.114. The average Bonchev–Trinajstić information content (AvgIpc) is 2.65. The number of carbonyl (C=O) groups excluding carboxylic acids is 1. The van der Waals surface area contributed by atoms with Gasteiger partial charge in [-0.2, -0.15) is 0 Å². The predicted molar refractivity (Wildman–Crippen MR) is 109 cm³/mol. The van der Waals surface area contributed by atoms with E-state index in [-0.39, 0.29) is 10.8 Å². The van der Waals surface area contributed by atoms with Crippen LogP contribution in [-0.4, -0.2) is 14.3 Å². The lowest BCUT2D eigenvalue weighted by Gasteiger charge is -2.22. The maximum atomic E-state index is 12.7. The van der Waals surface area contributed by atoms with E-state index in [0.717, 1.165) is 0 Å². The number of sulfonamides is 1. The molecule has 2 N–H and O–H groups in total. The van der Waals surface area contributed by atoms with Gasteiger partial charge in [0.15, 0.2) is 0 Å². The lowest BCUT2D eigenvalue weighted by Crippen LogP contribution is -2.14. The molecule has 144 valence electrons. The van der Waals surface area contributed by atoms with E-state index in [1.807, 2.05) is 12.1 Å². The molecule has 2 aromatic carbocycles. The van der Waals surface area contributed by atoms with Crippen molar-refractivity contribution in [1.29, 1.82) is 0 Å². The van der Waals surface area contributed by atoms with Gasteiger partial charge in [0, 0.05) is 6.92 Å². The highest BCUT2D eigenvalue weighted by Crippen LogP contribution is 2.33. The van der Waals surface area contributed by atoms with Gasteiger partial charge in [0.2, 0.25) is 5.91 Å². The summed E-state index contributed by atoms with van der Waals surface area (Å²) in [6.07, 6.45) is 6.09. The molecule has 0 heterocycles. The van der Waals surface area contributed by atoms with Gasteiger partial charge in [-0.25, -0.2) is 8.42 Å². The fourth-order valence-corrected chi connectivity index (χ4v) is 4.66. The molecule has 0 bridgehead atoms. The van der Waals surface area contributed by atoms with E-state index >= 15 is 0 Å². The molecular formula is C20H23ClN2O3S. The van der Waals surface area contributed by atoms with Crippen molar-refractivity contribution in [2.75, 3.05) is 10.0 Å². The van der Waals surface area contributed by atoms with Crippen molar-refractivity contribution in [3.8, 4) is 0 Å². The molecule has 0 saturated heterocycles. The molecule has 3 rings (SSSR count). The van der Waals surface area contributed by atoms with Crippen LogP contribution in [0.25, 0.3) is 0 Å². The summed E-state index contributed by atoms with van der Waals surface area (Å²) in [5.41, 5.74) is 1.89. The van der Waals surface area contributed by atoms with Crippen molar-refractivity contribution < 1.29 is 13.2 Å². The van der Waals surface area contributed by atoms with Gasteiger partial charge in [-0.05, 0) is 54.7 Å². The minimum Gasteiger partial charge on any atom is -0.325 e. The molecule has 1 aliphatic carbocycles. The second kappa shape index (κ2) is 8.31. The Kier molecular flexibility index (Phi) is 6.07. The van der Waals surface area contributed by atoms with Crippen molar-refractivity contribution in [2.45, 2.75) is 49.8 Å². The first-order valence-electron chi connectivity index (χ1n) is 9.05. The van der Waals surface area contributed by atoms with Gasteiger partial charge >= 0.3 is 0 Å². The highest BCUT2D eigenvalue weighted by Gasteiger charge is 2.18. The number of hydrogen-bond donors (Lipinski definition) is 2. The van der Waals surface area contributed by atoms with Crippen LogP contribution in [-0.2, 0) is 14.8 Å². The predicted octanol–water partition coefficient (Wildman–Crippen LogP) is 5.15. The van der Waals surface area contributed by atoms with E-state index in [1.54, 1.807) is 18.2 Å². The quantitative estimate of drug-likeness (QED) is 0.721. The molecule has 2 aromatic rings. The SMILES string of the molecule is CC(=O)Nc1cc(NS(=O)(=O)c2ccc(C3CCCCC3)cc2)ccc1Cl. The maximum absolute atomic E-state index is 12.7. The number of nitrogens with one attached hydrogen (secondary N) is 2. The van der Waals surface area contributed by atoms with Crippen LogP contribution in [0.4, 0.5) is 11.4 Å². The second-order valence-corrected chi connectivity index (χ2v) is 8.97. The number of halogens is 1. The average molecular weight is 407 g/mol. The smallest absolute Gasteiger partial charge is 0.261 e. The number of rotatable bonds is 5. The van der Waals surface area contributed by atoms with E-state index < -0.39 is 10.0 Å². The summed E-state index contributed by atoms with van der Waals surface area (Å²) in [4.78, 5) is 11.4. The Bertz CT molecular complexity index is 921. The first kappa shape index (κ1) is 19.7. The lowest BCUT2D eigenvalue weighted by atomic mass is 9.84. The number of hydrogen-bond acceptors (Lipinski definition) is 3. The molecule has 7 heteroatoms. The molecule has 1 saturated carbocycles. The first-order valence-corrected chi connectivity index (χ1v) is 10.9. The van der Waals surface area contributed by atoms with E-state index in [0.29, 0.717) is 22.3 Å². The second-order valence-electron chi connectivity index (χ2n) is 6.89. The Morgan fingerprint density at radius 3 is 2.33 bits per heavy atom. The molecular weight excluding hydrogens is 384 g/mol. The standard InChI is InChI=1S/C20H23ClN2O3S/c1-14(24)22-20-13-17(9-12-19(20)21)23-27(25,26)18-10-7-16(8-11-18)15-5-3-2-4-6-15/h7-13,15,23H,2-6H2,1H3,(H,22,24). The third-order valence-electron chi connectivity index (χ3n) is 4.80. The molecule has 0 aromatic heterocycles. The van der Waals surface area contributed by atoms with Crippen LogP contribution < -0.4 is 10.0 Å². The summed E-state index contributed by atoms with van der Waals surface area (Å²) in [6.45, 7) is 1.36. The highest BCUT2D eigenvalue weighted by atomic mass is 35.5. The summed E-state index contributed by atoms with van der Waals surface area (Å²) < 4.78 is 27.9. The molecule has 0 unspecified atom stereocenters. The van der Waals surface area contributed by atoms with Gasteiger partial charge in [0.25, 0.3) is 10.0 Å². The third-order valence-corrected chi connectivity index (χ3v) is 6.52. The van der Waals surface area contributed by atoms with Crippen LogP contribution >= 0.6 is 11.6 Å². The third kappa shape index (κ3) is 5.02. The summed E-state index contributed by atoms with van der Waals surface area (Å²) in [5.74, 6) is 0.246. The topological polar surface area (TPSA) is 75.3 Å². The summed E-state index contributed by atoms with van der Waals surface area (Å²) in [6, 6.07) is 11.7. The molecule has 5 nitrogen and oxygen atoms in total. The van der Waals surface area contributed by atoms with E-state index in [2.05, 4.69) is 10.0 Å². The van der Waals surface area contributed by atoms with Crippen molar-refractivity contribution in [3.05, 3.63) is 53.1 Å². The van der Waals surface area contributed by atoms with Crippen LogP contribution in [0.15, 0.2) is 47.4 Å². The van der Waals surface area contributed by atoms with Gasteiger partial charge in [-0.15, -0.1) is 0 Å². The number of amides is 1. The molecule has 27 heavy (non-hydrogen) atoms. The van der Waals surface area contributed by atoms with Crippen LogP contribution in [0.3, 0.4) is 0 Å². The van der Waals surface area contributed by atoms with Gasteiger partial charge in [-0.3, -0.25) is 9.52 Å². The Labute approximate surface area is 165 Å². The van der Waals surface area contributed by atoms with Crippen LogP contribution in [0, 0.1) is 0 Å². The molecule has 0 radical (unpaired) electrons. The number of anilines is 2. The maximum Gasteiger partial charge on any atom is 0.261 e. The zero-order valence-corrected chi connectivity index (χ0v) is 16.7. The molecule has 0 aliphatic heterocycles. The largest absolute Gasteiger partial charge is 0.325 e. The normalized spacial score (nSPS) is 15.3. The molecule has 1 aliphatic rings.